The lowest BCUT2D eigenvalue weighted by atomic mass is 10.2. The van der Waals surface area contributed by atoms with Crippen LogP contribution in [0.3, 0.4) is 0 Å². The van der Waals surface area contributed by atoms with Gasteiger partial charge < -0.3 is 4.74 Å². The molecule has 0 aliphatic carbocycles. The van der Waals surface area contributed by atoms with E-state index in [0.717, 1.165) is 10.9 Å². The summed E-state index contributed by atoms with van der Waals surface area (Å²) in [5, 5.41) is 0.776. The van der Waals surface area contributed by atoms with Crippen molar-refractivity contribution in [2.45, 2.75) is 17.3 Å². The van der Waals surface area contributed by atoms with E-state index >= 15 is 0 Å². The third-order valence-corrected chi connectivity index (χ3v) is 3.83. The number of rotatable bonds is 3. The molecule has 0 saturated heterocycles. The number of halogens is 3. The van der Waals surface area contributed by atoms with Crippen LogP contribution < -0.4 is 4.74 Å². The molecule has 0 amide bonds. The summed E-state index contributed by atoms with van der Waals surface area (Å²) in [5.41, 5.74) is 2.90. The first-order valence-corrected chi connectivity index (χ1v) is 8.09. The van der Waals surface area contributed by atoms with E-state index in [9.17, 15) is 0 Å². The summed E-state index contributed by atoms with van der Waals surface area (Å²) in [5.74, 6) is 0.498. The van der Waals surface area contributed by atoms with Crippen molar-refractivity contribution in [2.24, 2.45) is 0 Å². The summed E-state index contributed by atoms with van der Waals surface area (Å²) in [4.78, 5) is 8.56. The largest absolute Gasteiger partial charge is 0.472 e. The van der Waals surface area contributed by atoms with Gasteiger partial charge in [0.05, 0.1) is 10.9 Å². The Morgan fingerprint density at radius 3 is 2.35 bits per heavy atom. The van der Waals surface area contributed by atoms with Crippen LogP contribution in [0.25, 0.3) is 10.9 Å². The minimum atomic E-state index is -1.70. The maximum Gasteiger partial charge on any atom is 0.250 e. The zero-order chi connectivity index (χ0) is 16.4. The molecule has 0 aliphatic rings. The molecular weight excluding hydrogens is 355 g/mol. The molecule has 3 nitrogen and oxygen atoms in total. The second kappa shape index (κ2) is 6.52. The highest BCUT2D eigenvalue weighted by Gasteiger charge is 2.28. The van der Waals surface area contributed by atoms with E-state index < -0.39 is 3.79 Å². The van der Waals surface area contributed by atoms with Gasteiger partial charge >= 0.3 is 0 Å². The lowest BCUT2D eigenvalue weighted by Crippen LogP contribution is -2.09. The number of aryl methyl sites for hydroxylation is 1. The van der Waals surface area contributed by atoms with Gasteiger partial charge in [0.2, 0.25) is 9.67 Å². The highest BCUT2D eigenvalue weighted by atomic mass is 35.6. The number of fused-ring (bicyclic) bond motifs is 1. The summed E-state index contributed by atoms with van der Waals surface area (Å²) in [7, 11) is 0. The molecule has 0 saturated carbocycles. The van der Waals surface area contributed by atoms with Gasteiger partial charge in [0, 0.05) is 0 Å². The molecule has 23 heavy (non-hydrogen) atoms. The van der Waals surface area contributed by atoms with Crippen LogP contribution in [0.5, 0.6) is 5.88 Å². The number of aromatic nitrogens is 2. The summed E-state index contributed by atoms with van der Waals surface area (Å²) in [6.07, 6.45) is 0. The Kier molecular flexibility index (Phi) is 4.62. The van der Waals surface area contributed by atoms with E-state index in [1.54, 1.807) is 0 Å². The van der Waals surface area contributed by atoms with E-state index in [0.29, 0.717) is 18.0 Å². The van der Waals surface area contributed by atoms with E-state index in [1.807, 2.05) is 55.5 Å². The van der Waals surface area contributed by atoms with E-state index in [4.69, 9.17) is 39.5 Å². The van der Waals surface area contributed by atoms with Crippen LogP contribution in [0, 0.1) is 6.92 Å². The number of para-hydroxylation sites is 1. The third kappa shape index (κ3) is 3.86. The molecule has 3 aromatic rings. The maximum absolute atomic E-state index is 5.92. The zero-order valence-electron chi connectivity index (χ0n) is 12.3. The number of nitrogens with zero attached hydrogens (tertiary/aromatic N) is 2. The number of ether oxygens (including phenoxy) is 1. The fourth-order valence-corrected chi connectivity index (χ4v) is 2.37. The highest BCUT2D eigenvalue weighted by Crippen LogP contribution is 2.38. The Labute approximate surface area is 149 Å². The van der Waals surface area contributed by atoms with Gasteiger partial charge in [-0.25, -0.2) is 4.98 Å². The standard InChI is InChI=1S/C17H13Cl3N2O/c1-11-6-8-12(9-7-11)10-23-15-13-4-2-3-5-14(13)21-16(22-15)17(18,19)20/h2-9H,10H2,1H3. The van der Waals surface area contributed by atoms with Gasteiger partial charge in [-0.15, -0.1) is 0 Å². The monoisotopic (exact) mass is 366 g/mol. The van der Waals surface area contributed by atoms with Crippen molar-refractivity contribution in [2.75, 3.05) is 0 Å². The molecule has 0 radical (unpaired) electrons. The lowest BCUT2D eigenvalue weighted by Gasteiger charge is -2.14. The van der Waals surface area contributed by atoms with Gasteiger partial charge in [-0.1, -0.05) is 76.8 Å². The van der Waals surface area contributed by atoms with Crippen molar-refractivity contribution in [3.8, 4) is 5.88 Å². The van der Waals surface area contributed by atoms with E-state index in [1.165, 1.54) is 5.56 Å². The first-order chi connectivity index (χ1) is 10.9. The van der Waals surface area contributed by atoms with Crippen molar-refractivity contribution in [1.82, 2.24) is 9.97 Å². The molecule has 0 spiro atoms. The van der Waals surface area contributed by atoms with Crippen LogP contribution in [-0.2, 0) is 10.4 Å². The van der Waals surface area contributed by atoms with Crippen LogP contribution in [0.15, 0.2) is 48.5 Å². The number of hydrogen-bond donors (Lipinski definition) is 0. The van der Waals surface area contributed by atoms with Crippen LogP contribution in [-0.4, -0.2) is 9.97 Å². The fraction of sp³-hybridized carbons (Fsp3) is 0.176. The highest BCUT2D eigenvalue weighted by molar-refractivity contribution is 6.66. The minimum absolute atomic E-state index is 0.0973. The molecular formula is C17H13Cl3N2O. The molecule has 0 unspecified atom stereocenters. The van der Waals surface area contributed by atoms with Crippen molar-refractivity contribution < 1.29 is 4.74 Å². The lowest BCUT2D eigenvalue weighted by molar-refractivity contribution is 0.296. The van der Waals surface area contributed by atoms with Crippen molar-refractivity contribution in [3.63, 3.8) is 0 Å². The molecule has 0 fully saturated rings. The molecule has 1 heterocycles. The summed E-state index contributed by atoms with van der Waals surface area (Å²) >= 11 is 17.7. The number of benzene rings is 2. The molecule has 2 aromatic carbocycles. The van der Waals surface area contributed by atoms with Crippen molar-refractivity contribution in [3.05, 3.63) is 65.5 Å². The summed E-state index contributed by atoms with van der Waals surface area (Å²) in [6, 6.07) is 15.5. The van der Waals surface area contributed by atoms with Gasteiger partial charge in [-0.2, -0.15) is 4.98 Å². The second-order valence-electron chi connectivity index (χ2n) is 5.14. The molecule has 0 atom stereocenters. The molecule has 3 rings (SSSR count). The Morgan fingerprint density at radius 2 is 1.65 bits per heavy atom. The Morgan fingerprint density at radius 1 is 0.957 bits per heavy atom. The van der Waals surface area contributed by atoms with Gasteiger partial charge in [0.15, 0.2) is 5.82 Å². The van der Waals surface area contributed by atoms with Gasteiger partial charge in [0.1, 0.15) is 6.61 Å². The molecule has 1 aromatic heterocycles. The van der Waals surface area contributed by atoms with Crippen molar-refractivity contribution >= 4 is 45.7 Å². The predicted molar refractivity (Wildman–Crippen MR) is 94.3 cm³/mol. The fourth-order valence-electron chi connectivity index (χ4n) is 2.12. The Balaban J connectivity index is 1.96. The second-order valence-corrected chi connectivity index (χ2v) is 7.42. The topological polar surface area (TPSA) is 35.0 Å². The van der Waals surface area contributed by atoms with Gasteiger partial charge in [0.25, 0.3) is 0 Å². The SMILES string of the molecule is Cc1ccc(COc2nc(C(Cl)(Cl)Cl)nc3ccccc23)cc1. The Bertz CT molecular complexity index is 829. The maximum atomic E-state index is 5.92. The third-order valence-electron chi connectivity index (χ3n) is 3.32. The molecule has 0 bridgehead atoms. The normalized spacial score (nSPS) is 11.7. The number of alkyl halides is 3. The number of hydrogen-bond acceptors (Lipinski definition) is 3. The minimum Gasteiger partial charge on any atom is -0.472 e. The van der Waals surface area contributed by atoms with Crippen LogP contribution in [0.4, 0.5) is 0 Å². The summed E-state index contributed by atoms with van der Waals surface area (Å²) < 4.78 is 4.15. The molecule has 0 N–H and O–H groups in total. The zero-order valence-corrected chi connectivity index (χ0v) is 14.5. The average Bonchev–Trinajstić information content (AvgIpc) is 2.53. The van der Waals surface area contributed by atoms with Crippen LogP contribution >= 0.6 is 34.8 Å². The van der Waals surface area contributed by atoms with Gasteiger partial charge in [-0.3, -0.25) is 0 Å². The average molecular weight is 368 g/mol. The first kappa shape index (κ1) is 16.3. The van der Waals surface area contributed by atoms with Crippen LogP contribution in [0.2, 0.25) is 0 Å². The van der Waals surface area contributed by atoms with E-state index in [2.05, 4.69) is 9.97 Å². The first-order valence-electron chi connectivity index (χ1n) is 6.96. The Hall–Kier alpha value is -1.55. The predicted octanol–water partition coefficient (Wildman–Crippen LogP) is 5.34. The van der Waals surface area contributed by atoms with Gasteiger partial charge in [-0.05, 0) is 24.6 Å². The summed E-state index contributed by atoms with van der Waals surface area (Å²) in [6.45, 7) is 2.41. The molecule has 6 heteroatoms. The quantitative estimate of drug-likeness (QED) is 0.586. The molecule has 0 aliphatic heterocycles. The van der Waals surface area contributed by atoms with Crippen molar-refractivity contribution in [1.29, 1.82) is 0 Å². The smallest absolute Gasteiger partial charge is 0.250 e. The van der Waals surface area contributed by atoms with E-state index in [-0.39, 0.29) is 5.82 Å². The van der Waals surface area contributed by atoms with Crippen LogP contribution in [0.1, 0.15) is 17.0 Å². The molecule has 118 valence electrons.